The molecule has 4 aromatic rings. The van der Waals surface area contributed by atoms with E-state index in [4.69, 9.17) is 20.4 Å². The predicted octanol–water partition coefficient (Wildman–Crippen LogP) is 4.07. The molecule has 25 heavy (non-hydrogen) atoms. The second-order valence-electron chi connectivity index (χ2n) is 5.11. The Bertz CT molecular complexity index is 996. The normalized spacial score (nSPS) is 11.1. The molecule has 0 spiro atoms. The zero-order valence-corrected chi connectivity index (χ0v) is 14.7. The van der Waals surface area contributed by atoms with Crippen molar-refractivity contribution in [1.82, 2.24) is 25.0 Å². The van der Waals surface area contributed by atoms with Crippen molar-refractivity contribution < 1.29 is 8.83 Å². The van der Waals surface area contributed by atoms with Gasteiger partial charge in [0.15, 0.2) is 16.7 Å². The molecule has 0 aliphatic rings. The molecular weight excluding hydrogens is 362 g/mol. The van der Waals surface area contributed by atoms with Gasteiger partial charge < -0.3 is 13.4 Å². The van der Waals surface area contributed by atoms with E-state index in [2.05, 4.69) is 20.4 Å². The molecule has 0 saturated carbocycles. The Labute approximate surface area is 152 Å². The molecular formula is C16H12ClN5O2S. The molecule has 3 aromatic heterocycles. The number of thioether (sulfide) groups is 1. The number of furan rings is 1. The van der Waals surface area contributed by atoms with Gasteiger partial charge >= 0.3 is 0 Å². The molecule has 9 heteroatoms. The third kappa shape index (κ3) is 3.18. The molecule has 4 rings (SSSR count). The highest BCUT2D eigenvalue weighted by atomic mass is 35.5. The second-order valence-corrected chi connectivity index (χ2v) is 6.46. The summed E-state index contributed by atoms with van der Waals surface area (Å²) < 4.78 is 12.7. The minimum absolute atomic E-state index is 0.357. The summed E-state index contributed by atoms with van der Waals surface area (Å²) in [5, 5.41) is 17.8. The Balaban J connectivity index is 1.50. The van der Waals surface area contributed by atoms with Crippen LogP contribution in [0.5, 0.6) is 0 Å². The van der Waals surface area contributed by atoms with E-state index in [-0.39, 0.29) is 0 Å². The summed E-state index contributed by atoms with van der Waals surface area (Å²) in [6.07, 6.45) is 1.56. The van der Waals surface area contributed by atoms with E-state index >= 15 is 0 Å². The van der Waals surface area contributed by atoms with Gasteiger partial charge in [-0.25, -0.2) is 0 Å². The molecule has 1 aromatic carbocycles. The van der Waals surface area contributed by atoms with Gasteiger partial charge in [-0.1, -0.05) is 35.5 Å². The lowest BCUT2D eigenvalue weighted by Gasteiger charge is -2.04. The Kier molecular flexibility index (Phi) is 4.29. The van der Waals surface area contributed by atoms with Crippen LogP contribution in [0.1, 0.15) is 5.89 Å². The topological polar surface area (TPSA) is 82.8 Å². The largest absolute Gasteiger partial charge is 0.459 e. The molecule has 0 fully saturated rings. The summed E-state index contributed by atoms with van der Waals surface area (Å²) in [6, 6.07) is 11.1. The van der Waals surface area contributed by atoms with Gasteiger partial charge in [0.1, 0.15) is 0 Å². The number of hydrogen-bond acceptors (Lipinski definition) is 7. The standard InChI is InChI=1S/C16H12ClN5O2S/c1-22-14(10-5-2-3-6-11(10)17)19-21-16(22)25-9-13-18-20-15(24-13)12-7-4-8-23-12/h2-8H,9H2,1H3. The van der Waals surface area contributed by atoms with E-state index in [1.807, 2.05) is 35.9 Å². The predicted molar refractivity (Wildman–Crippen MR) is 93.0 cm³/mol. The maximum Gasteiger partial charge on any atom is 0.283 e. The van der Waals surface area contributed by atoms with Crippen LogP contribution in [0.3, 0.4) is 0 Å². The number of halogens is 1. The highest BCUT2D eigenvalue weighted by Gasteiger charge is 2.16. The van der Waals surface area contributed by atoms with Crippen LogP contribution in [0.4, 0.5) is 0 Å². The average Bonchev–Trinajstić information content (AvgIpc) is 3.35. The summed E-state index contributed by atoms with van der Waals surface area (Å²) in [6.45, 7) is 0. The van der Waals surface area contributed by atoms with Gasteiger partial charge in [-0.2, -0.15) is 0 Å². The Morgan fingerprint density at radius 3 is 2.76 bits per heavy atom. The van der Waals surface area contributed by atoms with Crippen molar-refractivity contribution in [2.45, 2.75) is 10.9 Å². The molecule has 0 unspecified atom stereocenters. The fourth-order valence-electron chi connectivity index (χ4n) is 2.26. The highest BCUT2D eigenvalue weighted by molar-refractivity contribution is 7.98. The Hall–Kier alpha value is -2.58. The first-order valence-corrected chi connectivity index (χ1v) is 8.72. The lowest BCUT2D eigenvalue weighted by Crippen LogP contribution is -1.95. The van der Waals surface area contributed by atoms with E-state index in [0.29, 0.717) is 34.1 Å². The van der Waals surface area contributed by atoms with Gasteiger partial charge in [-0.3, -0.25) is 0 Å². The van der Waals surface area contributed by atoms with Crippen LogP contribution >= 0.6 is 23.4 Å². The van der Waals surface area contributed by atoms with E-state index in [1.54, 1.807) is 18.4 Å². The molecule has 3 heterocycles. The molecule has 7 nitrogen and oxygen atoms in total. The maximum absolute atomic E-state index is 6.23. The van der Waals surface area contributed by atoms with E-state index in [9.17, 15) is 0 Å². The molecule has 0 radical (unpaired) electrons. The maximum atomic E-state index is 6.23. The quantitative estimate of drug-likeness (QED) is 0.487. The fraction of sp³-hybridized carbons (Fsp3) is 0.125. The first-order chi connectivity index (χ1) is 12.2. The molecule has 0 atom stereocenters. The summed E-state index contributed by atoms with van der Waals surface area (Å²) in [7, 11) is 1.89. The van der Waals surface area contributed by atoms with Gasteiger partial charge in [0.05, 0.1) is 17.0 Å². The molecule has 0 bridgehead atoms. The summed E-state index contributed by atoms with van der Waals surface area (Å²) >= 11 is 7.69. The van der Waals surface area contributed by atoms with Crippen molar-refractivity contribution >= 4 is 23.4 Å². The first kappa shape index (κ1) is 15.9. The number of benzene rings is 1. The molecule has 126 valence electrons. The minimum Gasteiger partial charge on any atom is -0.459 e. The van der Waals surface area contributed by atoms with Crippen molar-refractivity contribution in [3.8, 4) is 23.0 Å². The third-order valence-electron chi connectivity index (χ3n) is 3.47. The van der Waals surface area contributed by atoms with Crippen LogP contribution in [-0.2, 0) is 12.8 Å². The third-order valence-corrected chi connectivity index (χ3v) is 4.81. The van der Waals surface area contributed by atoms with Gasteiger partial charge in [0, 0.05) is 12.6 Å². The minimum atomic E-state index is 0.357. The molecule has 0 saturated heterocycles. The van der Waals surface area contributed by atoms with Crippen molar-refractivity contribution in [1.29, 1.82) is 0 Å². The number of aromatic nitrogens is 5. The van der Waals surface area contributed by atoms with Crippen molar-refractivity contribution in [3.63, 3.8) is 0 Å². The van der Waals surface area contributed by atoms with Crippen LogP contribution in [0.2, 0.25) is 5.02 Å². The van der Waals surface area contributed by atoms with Crippen molar-refractivity contribution in [3.05, 3.63) is 53.6 Å². The van der Waals surface area contributed by atoms with Gasteiger partial charge in [0.25, 0.3) is 5.89 Å². The van der Waals surface area contributed by atoms with Crippen LogP contribution in [0.15, 0.2) is 56.7 Å². The zero-order chi connectivity index (χ0) is 17.2. The summed E-state index contributed by atoms with van der Waals surface area (Å²) in [4.78, 5) is 0. The lowest BCUT2D eigenvalue weighted by molar-refractivity contribution is 0.494. The lowest BCUT2D eigenvalue weighted by atomic mass is 10.2. The Morgan fingerprint density at radius 2 is 1.96 bits per heavy atom. The number of hydrogen-bond donors (Lipinski definition) is 0. The van der Waals surface area contributed by atoms with Crippen molar-refractivity contribution in [2.24, 2.45) is 7.05 Å². The average molecular weight is 374 g/mol. The highest BCUT2D eigenvalue weighted by Crippen LogP contribution is 2.29. The smallest absolute Gasteiger partial charge is 0.283 e. The molecule has 0 aliphatic heterocycles. The van der Waals surface area contributed by atoms with E-state index in [1.165, 1.54) is 11.8 Å². The first-order valence-electron chi connectivity index (χ1n) is 7.35. The van der Waals surface area contributed by atoms with E-state index in [0.717, 1.165) is 10.7 Å². The van der Waals surface area contributed by atoms with Crippen LogP contribution in [-0.4, -0.2) is 25.0 Å². The second kappa shape index (κ2) is 6.73. The van der Waals surface area contributed by atoms with Crippen molar-refractivity contribution in [2.75, 3.05) is 0 Å². The Morgan fingerprint density at radius 1 is 1.08 bits per heavy atom. The summed E-state index contributed by atoms with van der Waals surface area (Å²) in [5.74, 6) is 2.56. The van der Waals surface area contributed by atoms with E-state index < -0.39 is 0 Å². The number of nitrogens with zero attached hydrogens (tertiary/aromatic N) is 5. The SMILES string of the molecule is Cn1c(SCc2nnc(-c3ccco3)o2)nnc1-c1ccccc1Cl. The number of rotatable bonds is 5. The fourth-order valence-corrected chi connectivity index (χ4v) is 3.22. The monoisotopic (exact) mass is 373 g/mol. The molecule has 0 aliphatic carbocycles. The van der Waals surface area contributed by atoms with Crippen LogP contribution in [0, 0.1) is 0 Å². The molecule has 0 N–H and O–H groups in total. The van der Waals surface area contributed by atoms with Crippen LogP contribution < -0.4 is 0 Å². The zero-order valence-electron chi connectivity index (χ0n) is 13.1. The summed E-state index contributed by atoms with van der Waals surface area (Å²) in [5.41, 5.74) is 0.837. The van der Waals surface area contributed by atoms with Gasteiger partial charge in [-0.15, -0.1) is 20.4 Å². The van der Waals surface area contributed by atoms with Gasteiger partial charge in [0.2, 0.25) is 5.89 Å². The van der Waals surface area contributed by atoms with Crippen LogP contribution in [0.25, 0.3) is 23.0 Å². The van der Waals surface area contributed by atoms with Gasteiger partial charge in [-0.05, 0) is 24.3 Å². The molecule has 0 amide bonds.